The number of aliphatic hydroxyl groups is 1. The molecule has 0 aromatic carbocycles. The zero-order chi connectivity index (χ0) is 59.1. The van der Waals surface area contributed by atoms with E-state index in [4.69, 9.17) is 9.47 Å². The average molecular weight is 1130 g/mol. The van der Waals surface area contributed by atoms with Crippen molar-refractivity contribution >= 4 is 11.9 Å². The van der Waals surface area contributed by atoms with E-state index in [1.54, 1.807) is 0 Å². The van der Waals surface area contributed by atoms with Crippen LogP contribution in [0.3, 0.4) is 0 Å². The topological polar surface area (TPSA) is 72.8 Å². The highest BCUT2D eigenvalue weighted by Gasteiger charge is 2.16. The van der Waals surface area contributed by atoms with E-state index in [2.05, 4.69) is 160 Å². The summed E-state index contributed by atoms with van der Waals surface area (Å²) in [5.41, 5.74) is 0. The van der Waals surface area contributed by atoms with Gasteiger partial charge in [0.15, 0.2) is 6.10 Å². The number of carbonyl (C=O) groups is 2. The SMILES string of the molecule is CC/C=C\C/C=C\C/C=C\C/C=C\C/C=C\C/C=C\CCCCCCCCCCCCCCCCCCCCC(=O)OC(CO)COC(=O)CCCCCCCCCCCCCC/C=C\C/C=C\C/C=C\C/C=C\C/C=C\C/C=C\CC. The Labute approximate surface area is 508 Å². The number of rotatable bonds is 62. The molecule has 0 aromatic heterocycles. The van der Waals surface area contributed by atoms with E-state index in [0.29, 0.717) is 12.8 Å². The van der Waals surface area contributed by atoms with Crippen LogP contribution in [0.1, 0.15) is 309 Å². The van der Waals surface area contributed by atoms with Crippen LogP contribution in [0, 0.1) is 0 Å². The number of allylic oxidation sites excluding steroid dienone is 24. The first kappa shape index (κ1) is 77.8. The van der Waals surface area contributed by atoms with Gasteiger partial charge < -0.3 is 14.6 Å². The Hall–Kier alpha value is -4.22. The fourth-order valence-corrected chi connectivity index (χ4v) is 9.57. The van der Waals surface area contributed by atoms with Gasteiger partial charge in [0, 0.05) is 12.8 Å². The van der Waals surface area contributed by atoms with Gasteiger partial charge >= 0.3 is 11.9 Å². The van der Waals surface area contributed by atoms with E-state index >= 15 is 0 Å². The number of esters is 2. The molecule has 0 fully saturated rings. The van der Waals surface area contributed by atoms with Crippen molar-refractivity contribution in [3.8, 4) is 0 Å². The van der Waals surface area contributed by atoms with Gasteiger partial charge in [-0.3, -0.25) is 9.59 Å². The maximum atomic E-state index is 12.4. The number of carbonyl (C=O) groups excluding carboxylic acids is 2. The molecule has 5 heteroatoms. The van der Waals surface area contributed by atoms with Gasteiger partial charge in [0.05, 0.1) is 6.61 Å². The van der Waals surface area contributed by atoms with Crippen LogP contribution in [0.5, 0.6) is 0 Å². The molecule has 0 bridgehead atoms. The highest BCUT2D eigenvalue weighted by molar-refractivity contribution is 5.70. The molecule has 466 valence electrons. The molecule has 0 saturated carbocycles. The molecule has 0 heterocycles. The predicted molar refractivity (Wildman–Crippen MR) is 361 cm³/mol. The number of unbranched alkanes of at least 4 members (excludes halogenated alkanes) is 30. The largest absolute Gasteiger partial charge is 0.462 e. The number of hydrogen-bond donors (Lipinski definition) is 1. The summed E-state index contributed by atoms with van der Waals surface area (Å²) in [5.74, 6) is -0.589. The Kier molecular flexibility index (Phi) is 67.4. The molecule has 82 heavy (non-hydrogen) atoms. The highest BCUT2D eigenvalue weighted by Crippen LogP contribution is 2.17. The molecule has 0 aliphatic rings. The van der Waals surface area contributed by atoms with Gasteiger partial charge in [0.25, 0.3) is 0 Å². The van der Waals surface area contributed by atoms with Crippen LogP contribution in [-0.4, -0.2) is 36.4 Å². The summed E-state index contributed by atoms with van der Waals surface area (Å²) in [5, 5.41) is 9.70. The van der Waals surface area contributed by atoms with E-state index in [-0.39, 0.29) is 25.2 Å². The Balaban J connectivity index is 3.49. The van der Waals surface area contributed by atoms with Crippen molar-refractivity contribution in [2.24, 2.45) is 0 Å². The molecule has 1 atom stereocenters. The van der Waals surface area contributed by atoms with Gasteiger partial charge in [-0.05, 0) is 116 Å². The standard InChI is InChI=1S/C77H128O5/c1-3-5-7-9-11-13-15-17-19-21-23-25-27-29-31-33-35-36-37-38-39-40-42-44-46-48-50-52-54-56-58-60-62-64-66-68-70-72-77(80)82-75(73-78)74-81-76(79)71-69-67-65-63-61-59-57-55-53-51-49-47-45-43-41-34-32-30-28-26-24-22-20-18-16-14-12-10-8-6-4-2/h5-8,11-14,17-20,23-26,29-32,35-36,41,43,75,78H,3-4,9-10,15-16,21-22,27-28,33-34,37-40,42,44-74H2,1-2H3/b7-5-,8-6-,13-11-,14-12-,19-17-,20-18-,25-23-,26-24-,31-29-,32-30-,36-35-,43-41-. The lowest BCUT2D eigenvalue weighted by molar-refractivity contribution is -0.161. The fraction of sp³-hybridized carbons (Fsp3) is 0.662. The summed E-state index contributed by atoms with van der Waals surface area (Å²) < 4.78 is 10.8. The first-order valence-electron chi connectivity index (χ1n) is 34.4. The van der Waals surface area contributed by atoms with Crippen LogP contribution >= 0.6 is 0 Å². The molecule has 0 amide bonds. The minimum absolute atomic E-state index is 0.0711. The van der Waals surface area contributed by atoms with Gasteiger partial charge in [-0.25, -0.2) is 0 Å². The third-order valence-corrected chi connectivity index (χ3v) is 14.6. The minimum Gasteiger partial charge on any atom is -0.462 e. The first-order valence-corrected chi connectivity index (χ1v) is 34.4. The summed E-state index contributed by atoms with van der Waals surface area (Å²) in [4.78, 5) is 24.7. The summed E-state index contributed by atoms with van der Waals surface area (Å²) in [6.07, 6.45) is 107. The average Bonchev–Trinajstić information content (AvgIpc) is 3.49. The van der Waals surface area contributed by atoms with Gasteiger partial charge in [-0.15, -0.1) is 0 Å². The van der Waals surface area contributed by atoms with E-state index in [1.165, 1.54) is 167 Å². The third-order valence-electron chi connectivity index (χ3n) is 14.6. The first-order chi connectivity index (χ1) is 40.6. The molecule has 5 nitrogen and oxygen atoms in total. The zero-order valence-electron chi connectivity index (χ0n) is 53.5. The molecule has 0 saturated heterocycles. The second-order valence-electron chi connectivity index (χ2n) is 22.5. The van der Waals surface area contributed by atoms with E-state index < -0.39 is 6.10 Å². The smallest absolute Gasteiger partial charge is 0.306 e. The Morgan fingerprint density at radius 3 is 0.732 bits per heavy atom. The van der Waals surface area contributed by atoms with Crippen LogP contribution in [0.4, 0.5) is 0 Å². The molecule has 0 radical (unpaired) electrons. The normalized spacial score (nSPS) is 13.2. The molecule has 1 unspecified atom stereocenters. The van der Waals surface area contributed by atoms with Crippen molar-refractivity contribution in [3.63, 3.8) is 0 Å². The zero-order valence-corrected chi connectivity index (χ0v) is 53.5. The van der Waals surface area contributed by atoms with Crippen molar-refractivity contribution in [3.05, 3.63) is 146 Å². The summed E-state index contributed by atoms with van der Waals surface area (Å²) >= 11 is 0. The molecule has 1 N–H and O–H groups in total. The van der Waals surface area contributed by atoms with Crippen molar-refractivity contribution in [2.45, 2.75) is 315 Å². The van der Waals surface area contributed by atoms with E-state index in [0.717, 1.165) is 116 Å². The van der Waals surface area contributed by atoms with Crippen molar-refractivity contribution in [1.82, 2.24) is 0 Å². The number of aliphatic hydroxyl groups excluding tert-OH is 1. The summed E-state index contributed by atoms with van der Waals surface area (Å²) in [7, 11) is 0. The second kappa shape index (κ2) is 71.0. The monoisotopic (exact) mass is 1130 g/mol. The number of hydrogen-bond acceptors (Lipinski definition) is 5. The van der Waals surface area contributed by atoms with E-state index in [1.807, 2.05) is 0 Å². The maximum Gasteiger partial charge on any atom is 0.306 e. The second-order valence-corrected chi connectivity index (χ2v) is 22.5. The molecule has 0 aromatic rings. The van der Waals surface area contributed by atoms with Crippen LogP contribution in [-0.2, 0) is 19.1 Å². The maximum absolute atomic E-state index is 12.4. The lowest BCUT2D eigenvalue weighted by Crippen LogP contribution is -2.28. The van der Waals surface area contributed by atoms with Crippen LogP contribution < -0.4 is 0 Å². The van der Waals surface area contributed by atoms with Crippen molar-refractivity contribution < 1.29 is 24.2 Å². The molecular formula is C77H128O5. The lowest BCUT2D eigenvalue weighted by atomic mass is 10.0. The molecule has 0 aliphatic carbocycles. The van der Waals surface area contributed by atoms with Crippen LogP contribution in [0.15, 0.2) is 146 Å². The van der Waals surface area contributed by atoms with Crippen molar-refractivity contribution in [1.29, 1.82) is 0 Å². The molecular weight excluding hydrogens is 1000 g/mol. The van der Waals surface area contributed by atoms with Crippen LogP contribution in [0.25, 0.3) is 0 Å². The lowest BCUT2D eigenvalue weighted by Gasteiger charge is -2.15. The van der Waals surface area contributed by atoms with Gasteiger partial charge in [-0.2, -0.15) is 0 Å². The minimum atomic E-state index is -0.782. The van der Waals surface area contributed by atoms with Crippen LogP contribution in [0.2, 0.25) is 0 Å². The predicted octanol–water partition coefficient (Wildman–Crippen LogP) is 24.1. The van der Waals surface area contributed by atoms with Gasteiger partial charge in [-0.1, -0.05) is 327 Å². The summed E-state index contributed by atoms with van der Waals surface area (Å²) in [6, 6.07) is 0. The van der Waals surface area contributed by atoms with E-state index in [9.17, 15) is 14.7 Å². The molecule has 0 spiro atoms. The third kappa shape index (κ3) is 68.3. The Morgan fingerprint density at radius 2 is 0.488 bits per heavy atom. The van der Waals surface area contributed by atoms with Gasteiger partial charge in [0.1, 0.15) is 6.61 Å². The van der Waals surface area contributed by atoms with Crippen molar-refractivity contribution in [2.75, 3.05) is 13.2 Å². The fourth-order valence-electron chi connectivity index (χ4n) is 9.57. The van der Waals surface area contributed by atoms with Gasteiger partial charge in [0.2, 0.25) is 0 Å². The quantitative estimate of drug-likeness (QED) is 0.0373. The molecule has 0 aliphatic heterocycles. The highest BCUT2D eigenvalue weighted by atomic mass is 16.6. The Morgan fingerprint density at radius 1 is 0.280 bits per heavy atom. The number of ether oxygens (including phenoxy) is 2. The molecule has 0 rings (SSSR count). The Bertz CT molecular complexity index is 1710. The summed E-state index contributed by atoms with van der Waals surface area (Å²) in [6.45, 7) is 3.93.